The molecular weight excluding hydrogens is 284 g/mol. The van der Waals surface area contributed by atoms with Crippen LogP contribution in [0.3, 0.4) is 0 Å². The number of fused-ring (bicyclic) bond motifs is 1. The third-order valence-electron chi connectivity index (χ3n) is 4.06. The number of nitrogens with one attached hydrogen (secondary N) is 1. The van der Waals surface area contributed by atoms with Gasteiger partial charge in [-0.25, -0.2) is 9.78 Å². The molecule has 0 aliphatic carbocycles. The van der Waals surface area contributed by atoms with Crippen LogP contribution in [0.2, 0.25) is 0 Å². The zero-order chi connectivity index (χ0) is 15.9. The van der Waals surface area contributed by atoms with Crippen LogP contribution >= 0.6 is 0 Å². The number of piperazine rings is 1. The predicted octanol–water partition coefficient (Wildman–Crippen LogP) is 1.50. The highest BCUT2D eigenvalue weighted by atomic mass is 16.4. The fourth-order valence-corrected chi connectivity index (χ4v) is 3.11. The normalized spacial score (nSPS) is 22.1. The van der Waals surface area contributed by atoms with E-state index in [-0.39, 0.29) is 17.6 Å². The van der Waals surface area contributed by atoms with Crippen molar-refractivity contribution in [2.24, 2.45) is 0 Å². The molecule has 0 aromatic carbocycles. The molecule has 1 aliphatic rings. The van der Waals surface area contributed by atoms with Crippen LogP contribution in [-0.2, 0) is 0 Å². The van der Waals surface area contributed by atoms with Crippen LogP contribution in [0.4, 0.5) is 10.5 Å². The van der Waals surface area contributed by atoms with E-state index in [4.69, 9.17) is 0 Å². The number of carboxylic acid groups (broad SMARTS) is 1. The van der Waals surface area contributed by atoms with Gasteiger partial charge in [-0.1, -0.05) is 0 Å². The van der Waals surface area contributed by atoms with Crippen LogP contribution in [0.1, 0.15) is 13.8 Å². The Morgan fingerprint density at radius 1 is 1.32 bits per heavy atom. The molecule has 1 fully saturated rings. The predicted molar refractivity (Wildman–Crippen MR) is 83.4 cm³/mol. The van der Waals surface area contributed by atoms with Gasteiger partial charge in [0.25, 0.3) is 0 Å². The molecular formula is C15H18N4O3. The Balaban J connectivity index is 1.90. The number of hydrogen-bond acceptors (Lipinski definition) is 4. The maximum atomic E-state index is 11.3. The molecule has 0 bridgehead atoms. The maximum Gasteiger partial charge on any atom is 0.407 e. The van der Waals surface area contributed by atoms with Crippen molar-refractivity contribution in [3.05, 3.63) is 34.7 Å². The number of carbonyl (C=O) groups is 1. The summed E-state index contributed by atoms with van der Waals surface area (Å²) in [5.74, 6) is 0. The number of aromatic amines is 1. The number of rotatable bonds is 1. The van der Waals surface area contributed by atoms with E-state index in [0.717, 1.165) is 11.1 Å². The van der Waals surface area contributed by atoms with Gasteiger partial charge in [-0.05, 0) is 26.0 Å². The minimum absolute atomic E-state index is 0.0903. The first-order valence-corrected chi connectivity index (χ1v) is 7.21. The second-order valence-electron chi connectivity index (χ2n) is 5.75. The Hall–Kier alpha value is -2.57. The van der Waals surface area contributed by atoms with Gasteiger partial charge in [-0.2, -0.15) is 0 Å². The molecule has 2 N–H and O–H groups in total. The summed E-state index contributed by atoms with van der Waals surface area (Å²) in [5.41, 5.74) is 1.31. The summed E-state index contributed by atoms with van der Waals surface area (Å²) in [5, 5.41) is 10.1. The zero-order valence-electron chi connectivity index (χ0n) is 12.5. The molecule has 1 aliphatic heterocycles. The first kappa shape index (κ1) is 14.4. The molecule has 22 heavy (non-hydrogen) atoms. The van der Waals surface area contributed by atoms with Gasteiger partial charge in [0.1, 0.15) is 5.65 Å². The highest BCUT2D eigenvalue weighted by Crippen LogP contribution is 2.24. The van der Waals surface area contributed by atoms with E-state index < -0.39 is 6.09 Å². The topological polar surface area (TPSA) is 89.5 Å². The van der Waals surface area contributed by atoms with Gasteiger partial charge in [0.05, 0.1) is 24.0 Å². The van der Waals surface area contributed by atoms with Crippen LogP contribution in [0.25, 0.3) is 11.0 Å². The molecule has 2 aromatic rings. The lowest BCUT2D eigenvalue weighted by molar-refractivity contribution is 0.0983. The molecule has 0 saturated carbocycles. The summed E-state index contributed by atoms with van der Waals surface area (Å²) in [7, 11) is 0. The van der Waals surface area contributed by atoms with Gasteiger partial charge in [0.2, 0.25) is 5.56 Å². The molecule has 116 valence electrons. The van der Waals surface area contributed by atoms with Crippen molar-refractivity contribution in [1.82, 2.24) is 14.9 Å². The fraction of sp³-hybridized carbons (Fsp3) is 0.400. The first-order valence-electron chi connectivity index (χ1n) is 7.21. The van der Waals surface area contributed by atoms with Crippen molar-refractivity contribution in [2.75, 3.05) is 18.0 Å². The number of amides is 1. The lowest BCUT2D eigenvalue weighted by atomic mass is 10.1. The van der Waals surface area contributed by atoms with Gasteiger partial charge >= 0.3 is 6.09 Å². The largest absolute Gasteiger partial charge is 0.465 e. The third kappa shape index (κ3) is 2.49. The molecule has 1 amide bonds. The van der Waals surface area contributed by atoms with E-state index in [9.17, 15) is 14.7 Å². The molecule has 3 heterocycles. The van der Waals surface area contributed by atoms with Gasteiger partial charge in [-0.15, -0.1) is 0 Å². The van der Waals surface area contributed by atoms with Crippen molar-refractivity contribution < 1.29 is 9.90 Å². The molecule has 0 radical (unpaired) electrons. The van der Waals surface area contributed by atoms with Crippen LogP contribution in [-0.4, -0.2) is 51.2 Å². The van der Waals surface area contributed by atoms with Crippen LogP contribution in [0, 0.1) is 0 Å². The number of nitrogens with zero attached hydrogens (tertiary/aromatic N) is 3. The van der Waals surface area contributed by atoms with Crippen LogP contribution < -0.4 is 10.5 Å². The van der Waals surface area contributed by atoms with E-state index >= 15 is 0 Å². The van der Waals surface area contributed by atoms with Gasteiger partial charge < -0.3 is 15.0 Å². The summed E-state index contributed by atoms with van der Waals surface area (Å²) in [6, 6.07) is 5.00. The van der Waals surface area contributed by atoms with Gasteiger partial charge in [-0.3, -0.25) is 9.69 Å². The number of H-pyrrole nitrogens is 1. The quantitative estimate of drug-likeness (QED) is 0.833. The number of aromatic nitrogens is 2. The second-order valence-corrected chi connectivity index (χ2v) is 5.75. The minimum Gasteiger partial charge on any atom is -0.465 e. The Bertz CT molecular complexity index is 761. The molecule has 0 spiro atoms. The summed E-state index contributed by atoms with van der Waals surface area (Å²) in [6.07, 6.45) is 0.836. The summed E-state index contributed by atoms with van der Waals surface area (Å²) in [6.45, 7) is 5.05. The maximum absolute atomic E-state index is 11.3. The van der Waals surface area contributed by atoms with E-state index in [1.165, 1.54) is 11.0 Å². The average molecular weight is 302 g/mol. The van der Waals surface area contributed by atoms with Crippen molar-refractivity contribution >= 4 is 22.8 Å². The minimum atomic E-state index is -0.881. The molecule has 0 unspecified atom stereocenters. The van der Waals surface area contributed by atoms with Crippen molar-refractivity contribution in [3.63, 3.8) is 0 Å². The standard InChI is InChI=1S/C15H18N4O3/c1-9-7-18(8-10(2)19(9)15(21)22)12-5-11-3-4-13(20)17-14(11)16-6-12/h3-6,9-10H,7-8H2,1-2H3,(H,21,22)(H,16,17,20)/t9-,10+. The highest BCUT2D eigenvalue weighted by Gasteiger charge is 2.32. The summed E-state index contributed by atoms with van der Waals surface area (Å²) < 4.78 is 0. The SMILES string of the molecule is C[C@@H]1CN(c2cnc3[nH]c(=O)ccc3c2)C[C@H](C)N1C(=O)O. The molecule has 7 nitrogen and oxygen atoms in total. The average Bonchev–Trinajstić information content (AvgIpc) is 2.45. The Labute approximate surface area is 127 Å². The Kier molecular flexibility index (Phi) is 3.48. The first-order chi connectivity index (χ1) is 10.5. The lowest BCUT2D eigenvalue weighted by Crippen LogP contribution is -2.58. The summed E-state index contributed by atoms with van der Waals surface area (Å²) in [4.78, 5) is 33.2. The smallest absolute Gasteiger partial charge is 0.407 e. The van der Waals surface area contributed by atoms with E-state index in [2.05, 4.69) is 14.9 Å². The van der Waals surface area contributed by atoms with Crippen molar-refractivity contribution in [3.8, 4) is 0 Å². The monoisotopic (exact) mass is 302 g/mol. The van der Waals surface area contributed by atoms with E-state index in [1.54, 1.807) is 12.3 Å². The highest BCUT2D eigenvalue weighted by molar-refractivity contribution is 5.78. The number of pyridine rings is 2. The Morgan fingerprint density at radius 3 is 2.64 bits per heavy atom. The lowest BCUT2D eigenvalue weighted by Gasteiger charge is -2.43. The van der Waals surface area contributed by atoms with E-state index in [1.807, 2.05) is 19.9 Å². The van der Waals surface area contributed by atoms with Crippen LogP contribution in [0.5, 0.6) is 0 Å². The van der Waals surface area contributed by atoms with Gasteiger partial charge in [0.15, 0.2) is 0 Å². The van der Waals surface area contributed by atoms with E-state index in [0.29, 0.717) is 18.7 Å². The van der Waals surface area contributed by atoms with Crippen LogP contribution in [0.15, 0.2) is 29.2 Å². The number of anilines is 1. The fourth-order valence-electron chi connectivity index (χ4n) is 3.11. The Morgan fingerprint density at radius 2 is 2.00 bits per heavy atom. The number of hydrogen-bond donors (Lipinski definition) is 2. The van der Waals surface area contributed by atoms with Gasteiger partial charge in [0, 0.05) is 24.5 Å². The zero-order valence-corrected chi connectivity index (χ0v) is 12.5. The molecule has 1 saturated heterocycles. The molecule has 3 rings (SSSR count). The van der Waals surface area contributed by atoms with Crippen molar-refractivity contribution in [1.29, 1.82) is 0 Å². The summed E-state index contributed by atoms with van der Waals surface area (Å²) >= 11 is 0. The molecule has 7 heteroatoms. The third-order valence-corrected chi connectivity index (χ3v) is 4.06. The molecule has 2 atom stereocenters. The second kappa shape index (κ2) is 5.32. The van der Waals surface area contributed by atoms with Crippen molar-refractivity contribution in [2.45, 2.75) is 25.9 Å². The molecule has 2 aromatic heterocycles.